The maximum absolute atomic E-state index is 13.8. The average Bonchev–Trinajstić information content (AvgIpc) is 2.89. The van der Waals surface area contributed by atoms with Gasteiger partial charge in [0.2, 0.25) is 11.8 Å². The highest BCUT2D eigenvalue weighted by atomic mass is 19.3. The molecule has 0 radical (unpaired) electrons. The molecule has 1 aromatic carbocycles. The Morgan fingerprint density at radius 3 is 2.75 bits per heavy atom. The van der Waals surface area contributed by atoms with Crippen molar-refractivity contribution in [3.63, 3.8) is 0 Å². The number of piperidine rings is 2. The molecule has 0 spiro atoms. The Bertz CT molecular complexity index is 844. The average molecular weight is 392 g/mol. The van der Waals surface area contributed by atoms with Crippen LogP contribution in [0.4, 0.5) is 8.78 Å². The number of nitrogens with zero attached hydrogens (tertiary/aromatic N) is 2. The van der Waals surface area contributed by atoms with E-state index in [4.69, 9.17) is 5.73 Å². The normalized spacial score (nSPS) is 27.7. The van der Waals surface area contributed by atoms with Gasteiger partial charge in [0.1, 0.15) is 6.04 Å². The standard InChI is InChI=1S/C19H22F2N4O3/c20-19(21)6-13(22)9-24(10-19)7-11-1-2-14-12(5-11)8-25(18(14)28)15-3-4-16(26)23-17(15)27/h1-2,5,13,15H,3-4,6-10,22H2,(H,23,26,27). The molecule has 2 atom stereocenters. The monoisotopic (exact) mass is 392 g/mol. The maximum Gasteiger partial charge on any atom is 0.262 e. The summed E-state index contributed by atoms with van der Waals surface area (Å²) in [5, 5.41) is 2.27. The summed E-state index contributed by atoms with van der Waals surface area (Å²) in [6.07, 6.45) is 0.201. The molecule has 2 fully saturated rings. The van der Waals surface area contributed by atoms with E-state index in [0.29, 0.717) is 25.1 Å². The molecule has 7 nitrogen and oxygen atoms in total. The summed E-state index contributed by atoms with van der Waals surface area (Å²) in [5.74, 6) is -3.83. The number of rotatable bonds is 3. The van der Waals surface area contributed by atoms with Crippen LogP contribution in [0.3, 0.4) is 0 Å². The van der Waals surface area contributed by atoms with Gasteiger partial charge in [0.15, 0.2) is 0 Å². The Balaban J connectivity index is 1.48. The van der Waals surface area contributed by atoms with E-state index in [9.17, 15) is 23.2 Å². The third-order valence-corrected chi connectivity index (χ3v) is 5.50. The number of likely N-dealkylation sites (tertiary alicyclic amines) is 1. The number of carbonyl (C=O) groups excluding carboxylic acids is 3. The molecule has 4 rings (SSSR count). The van der Waals surface area contributed by atoms with Crippen molar-refractivity contribution in [2.75, 3.05) is 13.1 Å². The summed E-state index contributed by atoms with van der Waals surface area (Å²) in [4.78, 5) is 39.2. The molecule has 2 unspecified atom stereocenters. The number of halogens is 2. The van der Waals surface area contributed by atoms with E-state index in [1.807, 2.05) is 6.07 Å². The van der Waals surface area contributed by atoms with Gasteiger partial charge in [0.05, 0.1) is 6.54 Å². The Hall–Kier alpha value is -2.39. The fraction of sp³-hybridized carbons (Fsp3) is 0.526. The van der Waals surface area contributed by atoms with Gasteiger partial charge >= 0.3 is 0 Å². The minimum atomic E-state index is -2.80. The molecular formula is C19H22F2N4O3. The van der Waals surface area contributed by atoms with E-state index in [2.05, 4.69) is 5.32 Å². The van der Waals surface area contributed by atoms with Crippen LogP contribution >= 0.6 is 0 Å². The van der Waals surface area contributed by atoms with Crippen LogP contribution in [0.2, 0.25) is 0 Å². The van der Waals surface area contributed by atoms with E-state index < -0.39 is 23.9 Å². The third-order valence-electron chi connectivity index (χ3n) is 5.50. The van der Waals surface area contributed by atoms with Crippen molar-refractivity contribution in [1.82, 2.24) is 15.1 Å². The predicted octanol–water partition coefficient (Wildman–Crippen LogP) is 0.616. The molecule has 3 heterocycles. The van der Waals surface area contributed by atoms with Crippen molar-refractivity contribution >= 4 is 17.7 Å². The summed E-state index contributed by atoms with van der Waals surface area (Å²) >= 11 is 0. The van der Waals surface area contributed by atoms with Crippen molar-refractivity contribution in [3.8, 4) is 0 Å². The number of fused-ring (bicyclic) bond motifs is 1. The zero-order valence-electron chi connectivity index (χ0n) is 15.3. The summed E-state index contributed by atoms with van der Waals surface area (Å²) in [5.41, 5.74) is 7.85. The van der Waals surface area contributed by atoms with Crippen LogP contribution in [-0.4, -0.2) is 58.6 Å². The second-order valence-corrected chi connectivity index (χ2v) is 7.88. The summed E-state index contributed by atoms with van der Waals surface area (Å²) in [6.45, 7) is 0.653. The van der Waals surface area contributed by atoms with Crippen LogP contribution < -0.4 is 11.1 Å². The van der Waals surface area contributed by atoms with Crippen LogP contribution in [0.5, 0.6) is 0 Å². The minimum absolute atomic E-state index is 0.200. The van der Waals surface area contributed by atoms with E-state index in [1.54, 1.807) is 17.0 Å². The van der Waals surface area contributed by atoms with Crippen molar-refractivity contribution in [3.05, 3.63) is 34.9 Å². The number of benzene rings is 1. The Labute approximate surface area is 160 Å². The molecule has 3 N–H and O–H groups in total. The van der Waals surface area contributed by atoms with E-state index in [0.717, 1.165) is 11.1 Å². The van der Waals surface area contributed by atoms with Gasteiger partial charge in [-0.3, -0.25) is 24.6 Å². The number of alkyl halides is 2. The zero-order valence-corrected chi connectivity index (χ0v) is 15.3. The first-order valence-electron chi connectivity index (χ1n) is 9.34. The lowest BCUT2D eigenvalue weighted by Crippen LogP contribution is -2.52. The molecule has 0 aromatic heterocycles. The van der Waals surface area contributed by atoms with Gasteiger partial charge in [-0.25, -0.2) is 8.78 Å². The number of hydrogen-bond acceptors (Lipinski definition) is 5. The van der Waals surface area contributed by atoms with Crippen molar-refractivity contribution < 1.29 is 23.2 Å². The van der Waals surface area contributed by atoms with E-state index in [1.165, 1.54) is 4.90 Å². The molecule has 2 saturated heterocycles. The van der Waals surface area contributed by atoms with Crippen LogP contribution in [0.1, 0.15) is 40.7 Å². The Kier molecular flexibility index (Phi) is 4.67. The van der Waals surface area contributed by atoms with Crippen LogP contribution in [-0.2, 0) is 22.7 Å². The highest BCUT2D eigenvalue weighted by Crippen LogP contribution is 2.30. The quantitative estimate of drug-likeness (QED) is 0.735. The second-order valence-electron chi connectivity index (χ2n) is 7.88. The maximum atomic E-state index is 13.8. The molecular weight excluding hydrogens is 370 g/mol. The summed E-state index contributed by atoms with van der Waals surface area (Å²) in [7, 11) is 0. The molecule has 28 heavy (non-hydrogen) atoms. The van der Waals surface area contributed by atoms with Crippen molar-refractivity contribution in [2.45, 2.75) is 50.4 Å². The lowest BCUT2D eigenvalue weighted by Gasteiger charge is -2.36. The van der Waals surface area contributed by atoms with Gasteiger partial charge in [-0.05, 0) is 23.6 Å². The van der Waals surface area contributed by atoms with E-state index >= 15 is 0 Å². The summed E-state index contributed by atoms with van der Waals surface area (Å²) in [6, 6.07) is 4.03. The van der Waals surface area contributed by atoms with Crippen LogP contribution in [0.25, 0.3) is 0 Å². The molecule has 3 amide bonds. The molecule has 150 valence electrons. The number of nitrogens with one attached hydrogen (secondary N) is 1. The van der Waals surface area contributed by atoms with Gasteiger partial charge in [-0.1, -0.05) is 12.1 Å². The molecule has 3 aliphatic rings. The van der Waals surface area contributed by atoms with Crippen molar-refractivity contribution in [1.29, 1.82) is 0 Å². The summed E-state index contributed by atoms with van der Waals surface area (Å²) < 4.78 is 27.5. The molecule has 9 heteroatoms. The minimum Gasteiger partial charge on any atom is -0.326 e. The largest absolute Gasteiger partial charge is 0.326 e. The molecule has 0 saturated carbocycles. The fourth-order valence-corrected chi connectivity index (χ4v) is 4.34. The van der Waals surface area contributed by atoms with Crippen LogP contribution in [0, 0.1) is 0 Å². The smallest absolute Gasteiger partial charge is 0.262 e. The number of hydrogen-bond donors (Lipinski definition) is 2. The predicted molar refractivity (Wildman–Crippen MR) is 95.3 cm³/mol. The number of imide groups is 1. The van der Waals surface area contributed by atoms with E-state index in [-0.39, 0.29) is 37.7 Å². The van der Waals surface area contributed by atoms with Gasteiger partial charge in [-0.2, -0.15) is 0 Å². The van der Waals surface area contributed by atoms with Gasteiger partial charge in [0.25, 0.3) is 11.8 Å². The fourth-order valence-electron chi connectivity index (χ4n) is 4.34. The first kappa shape index (κ1) is 18.9. The van der Waals surface area contributed by atoms with Gasteiger partial charge in [0, 0.05) is 44.1 Å². The Morgan fingerprint density at radius 1 is 1.25 bits per heavy atom. The zero-order chi connectivity index (χ0) is 20.1. The lowest BCUT2D eigenvalue weighted by molar-refractivity contribution is -0.136. The molecule has 1 aromatic rings. The van der Waals surface area contributed by atoms with Crippen molar-refractivity contribution in [2.24, 2.45) is 5.73 Å². The first-order chi connectivity index (χ1) is 13.2. The number of nitrogens with two attached hydrogens (primary N) is 1. The number of amides is 3. The third kappa shape index (κ3) is 3.64. The Morgan fingerprint density at radius 2 is 2.04 bits per heavy atom. The highest BCUT2D eigenvalue weighted by Gasteiger charge is 2.40. The molecule has 0 bridgehead atoms. The van der Waals surface area contributed by atoms with Gasteiger partial charge in [-0.15, -0.1) is 0 Å². The second kappa shape index (κ2) is 6.89. The number of carbonyl (C=O) groups is 3. The lowest BCUT2D eigenvalue weighted by atomic mass is 10.0. The SMILES string of the molecule is NC1CN(Cc2ccc3c(c2)CN(C2CCC(=O)NC2=O)C3=O)CC(F)(F)C1. The first-order valence-corrected chi connectivity index (χ1v) is 9.34. The van der Waals surface area contributed by atoms with Crippen LogP contribution in [0.15, 0.2) is 18.2 Å². The molecule has 0 aliphatic carbocycles. The topological polar surface area (TPSA) is 95.7 Å². The highest BCUT2D eigenvalue weighted by molar-refractivity contribution is 6.05. The molecule has 3 aliphatic heterocycles. The van der Waals surface area contributed by atoms with Gasteiger partial charge < -0.3 is 10.6 Å².